The molecule has 0 unspecified atom stereocenters. The van der Waals surface area contributed by atoms with Crippen LogP contribution in [0.25, 0.3) is 0 Å². The topological polar surface area (TPSA) is 23.5 Å². The average Bonchev–Trinajstić information content (AvgIpc) is 2.15. The Labute approximate surface area is 92.7 Å². The molecule has 0 aliphatic heterocycles. The summed E-state index contributed by atoms with van der Waals surface area (Å²) in [4.78, 5) is 2.47. The van der Waals surface area contributed by atoms with Crippen LogP contribution in [0.15, 0.2) is 0 Å². The van der Waals surface area contributed by atoms with Crippen molar-refractivity contribution in [2.45, 2.75) is 44.1 Å². The second-order valence-electron chi connectivity index (χ2n) is 6.29. The Kier molecular flexibility index (Phi) is 2.33. The summed E-state index contributed by atoms with van der Waals surface area (Å²) in [6, 6.07) is 0. The van der Waals surface area contributed by atoms with E-state index in [9.17, 15) is 0 Å². The van der Waals surface area contributed by atoms with Gasteiger partial charge in [0.1, 0.15) is 0 Å². The van der Waals surface area contributed by atoms with E-state index in [-0.39, 0.29) is 0 Å². The molecule has 4 aliphatic carbocycles. The monoisotopic (exact) mass is 209 g/mol. The van der Waals surface area contributed by atoms with Crippen LogP contribution in [0.2, 0.25) is 0 Å². The molecule has 0 heterocycles. The maximum atomic E-state index is 9.10. The van der Waals surface area contributed by atoms with Crippen molar-refractivity contribution in [2.24, 2.45) is 17.8 Å². The number of nitrogens with zero attached hydrogens (tertiary/aromatic N) is 1. The van der Waals surface area contributed by atoms with Crippen LogP contribution in [-0.2, 0) is 0 Å². The third kappa shape index (κ3) is 1.53. The molecule has 15 heavy (non-hydrogen) atoms. The maximum absolute atomic E-state index is 9.10. The zero-order valence-electron chi connectivity index (χ0n) is 9.78. The zero-order chi connectivity index (χ0) is 10.5. The van der Waals surface area contributed by atoms with Crippen molar-refractivity contribution in [3.05, 3.63) is 0 Å². The Hall–Kier alpha value is -0.0800. The summed E-state index contributed by atoms with van der Waals surface area (Å²) in [5.41, 5.74) is 0.484. The minimum atomic E-state index is 0.318. The van der Waals surface area contributed by atoms with Crippen molar-refractivity contribution in [3.8, 4) is 0 Å². The second kappa shape index (κ2) is 3.46. The van der Waals surface area contributed by atoms with Gasteiger partial charge in [0.15, 0.2) is 0 Å². The number of β-amino-alcohol motifs (C(OH)–C–C–N with tert-alkyl or cyclic N) is 1. The lowest BCUT2D eigenvalue weighted by Crippen LogP contribution is -2.59. The standard InChI is InChI=1S/C13H23NO/c1-14(2-3-15)13-7-10-4-11(8-13)6-12(5-10)9-13/h10-12,15H,2-9H2,1H3. The Morgan fingerprint density at radius 1 is 1.07 bits per heavy atom. The largest absolute Gasteiger partial charge is 0.395 e. The molecule has 2 heteroatoms. The molecule has 0 aromatic rings. The molecule has 0 atom stereocenters. The lowest BCUT2D eigenvalue weighted by atomic mass is 9.52. The Morgan fingerprint density at radius 3 is 1.93 bits per heavy atom. The third-order valence-corrected chi connectivity index (χ3v) is 5.25. The van der Waals surface area contributed by atoms with Crippen molar-refractivity contribution in [2.75, 3.05) is 20.2 Å². The molecular formula is C13H23NO. The van der Waals surface area contributed by atoms with E-state index < -0.39 is 0 Å². The van der Waals surface area contributed by atoms with E-state index >= 15 is 0 Å². The van der Waals surface area contributed by atoms with Crippen LogP contribution in [0.4, 0.5) is 0 Å². The number of rotatable bonds is 3. The molecule has 1 N–H and O–H groups in total. The summed E-state index contributed by atoms with van der Waals surface area (Å²) in [5, 5.41) is 9.10. The average molecular weight is 209 g/mol. The minimum Gasteiger partial charge on any atom is -0.395 e. The van der Waals surface area contributed by atoms with Gasteiger partial charge in [-0.25, -0.2) is 0 Å². The van der Waals surface area contributed by atoms with Crippen molar-refractivity contribution in [3.63, 3.8) is 0 Å². The summed E-state index contributed by atoms with van der Waals surface area (Å²) < 4.78 is 0. The van der Waals surface area contributed by atoms with E-state index in [4.69, 9.17) is 5.11 Å². The molecule has 2 nitrogen and oxygen atoms in total. The van der Waals surface area contributed by atoms with Gasteiger partial charge < -0.3 is 5.11 Å². The van der Waals surface area contributed by atoms with Gasteiger partial charge in [-0.2, -0.15) is 0 Å². The predicted molar refractivity (Wildman–Crippen MR) is 60.6 cm³/mol. The van der Waals surface area contributed by atoms with Crippen molar-refractivity contribution in [1.29, 1.82) is 0 Å². The molecule has 4 bridgehead atoms. The molecule has 0 spiro atoms. The normalized spacial score (nSPS) is 47.8. The summed E-state index contributed by atoms with van der Waals surface area (Å²) in [7, 11) is 2.23. The van der Waals surface area contributed by atoms with Gasteiger partial charge in [0.05, 0.1) is 6.61 Å². The molecular weight excluding hydrogens is 186 g/mol. The molecule has 4 fully saturated rings. The fraction of sp³-hybridized carbons (Fsp3) is 1.00. The molecule has 0 aromatic carbocycles. The molecule has 0 radical (unpaired) electrons. The first-order chi connectivity index (χ1) is 7.22. The van der Waals surface area contributed by atoms with Crippen LogP contribution in [0.3, 0.4) is 0 Å². The Morgan fingerprint density at radius 2 is 1.53 bits per heavy atom. The zero-order valence-corrected chi connectivity index (χ0v) is 9.78. The van der Waals surface area contributed by atoms with E-state index in [2.05, 4.69) is 11.9 Å². The van der Waals surface area contributed by atoms with Gasteiger partial charge >= 0.3 is 0 Å². The lowest BCUT2D eigenvalue weighted by Gasteiger charge is -2.60. The van der Waals surface area contributed by atoms with Crippen molar-refractivity contribution in [1.82, 2.24) is 4.90 Å². The fourth-order valence-corrected chi connectivity index (χ4v) is 4.92. The first-order valence-electron chi connectivity index (χ1n) is 6.54. The molecule has 0 amide bonds. The molecule has 4 aliphatic rings. The molecule has 4 saturated carbocycles. The van der Waals surface area contributed by atoms with Gasteiger partial charge in [0.2, 0.25) is 0 Å². The molecule has 86 valence electrons. The van der Waals surface area contributed by atoms with Gasteiger partial charge in [-0.3, -0.25) is 4.90 Å². The molecule has 0 aromatic heterocycles. The van der Waals surface area contributed by atoms with E-state index in [1.54, 1.807) is 0 Å². The number of aliphatic hydroxyl groups is 1. The highest BCUT2D eigenvalue weighted by Crippen LogP contribution is 2.57. The second-order valence-corrected chi connectivity index (χ2v) is 6.29. The SMILES string of the molecule is CN(CCO)C12CC3CC(CC(C3)C1)C2. The number of hydrogen-bond acceptors (Lipinski definition) is 2. The summed E-state index contributed by atoms with van der Waals surface area (Å²) in [5.74, 6) is 3.03. The number of likely N-dealkylation sites (N-methyl/N-ethyl adjacent to an activating group) is 1. The Balaban J connectivity index is 1.80. The van der Waals surface area contributed by atoms with Crippen LogP contribution in [0.1, 0.15) is 38.5 Å². The predicted octanol–water partition coefficient (Wildman–Crippen LogP) is 1.88. The van der Waals surface area contributed by atoms with E-state index in [1.807, 2.05) is 0 Å². The van der Waals surface area contributed by atoms with E-state index in [1.165, 1.54) is 38.5 Å². The fourth-order valence-electron chi connectivity index (χ4n) is 4.92. The molecule has 0 saturated heterocycles. The summed E-state index contributed by atoms with van der Waals surface area (Å²) in [6.45, 7) is 1.18. The first kappa shape index (κ1) is 10.1. The van der Waals surface area contributed by atoms with Crippen molar-refractivity contribution < 1.29 is 5.11 Å². The first-order valence-corrected chi connectivity index (χ1v) is 6.54. The lowest BCUT2D eigenvalue weighted by molar-refractivity contribution is -0.0821. The van der Waals surface area contributed by atoms with Gasteiger partial charge in [-0.1, -0.05) is 0 Å². The Bertz CT molecular complexity index is 216. The van der Waals surface area contributed by atoms with Crippen LogP contribution < -0.4 is 0 Å². The quantitative estimate of drug-likeness (QED) is 0.767. The van der Waals surface area contributed by atoms with Gasteiger partial charge in [0, 0.05) is 12.1 Å². The molecule has 4 rings (SSSR count). The number of hydrogen-bond donors (Lipinski definition) is 1. The van der Waals surface area contributed by atoms with E-state index in [0.29, 0.717) is 12.1 Å². The van der Waals surface area contributed by atoms with Crippen LogP contribution in [-0.4, -0.2) is 35.7 Å². The van der Waals surface area contributed by atoms with Gasteiger partial charge in [-0.05, 0) is 63.3 Å². The van der Waals surface area contributed by atoms with Gasteiger partial charge in [0.25, 0.3) is 0 Å². The summed E-state index contributed by atoms with van der Waals surface area (Å²) >= 11 is 0. The maximum Gasteiger partial charge on any atom is 0.0558 e. The smallest absolute Gasteiger partial charge is 0.0558 e. The summed E-state index contributed by atoms with van der Waals surface area (Å²) in [6.07, 6.45) is 8.76. The van der Waals surface area contributed by atoms with Crippen LogP contribution >= 0.6 is 0 Å². The minimum absolute atomic E-state index is 0.318. The third-order valence-electron chi connectivity index (χ3n) is 5.25. The highest BCUT2D eigenvalue weighted by molar-refractivity contribution is 5.06. The highest BCUT2D eigenvalue weighted by Gasteiger charge is 2.52. The number of aliphatic hydroxyl groups excluding tert-OH is 1. The highest BCUT2D eigenvalue weighted by atomic mass is 16.3. The van der Waals surface area contributed by atoms with Gasteiger partial charge in [-0.15, -0.1) is 0 Å². The van der Waals surface area contributed by atoms with Crippen molar-refractivity contribution >= 4 is 0 Å². The van der Waals surface area contributed by atoms with E-state index in [0.717, 1.165) is 24.3 Å². The van der Waals surface area contributed by atoms with Crippen LogP contribution in [0.5, 0.6) is 0 Å². The van der Waals surface area contributed by atoms with Crippen LogP contribution in [0, 0.1) is 17.8 Å².